The number of methoxy groups -OCH3 is 1. The predicted molar refractivity (Wildman–Crippen MR) is 70.1 cm³/mol. The van der Waals surface area contributed by atoms with Gasteiger partial charge < -0.3 is 15.4 Å². The number of amides is 2. The van der Waals surface area contributed by atoms with E-state index in [4.69, 9.17) is 11.6 Å². The minimum absolute atomic E-state index is 0.170. The Balaban J connectivity index is 2.79. The highest BCUT2D eigenvalue weighted by Crippen LogP contribution is 2.15. The van der Waals surface area contributed by atoms with Crippen molar-refractivity contribution >= 4 is 35.1 Å². The molecule has 6 nitrogen and oxygen atoms in total. The van der Waals surface area contributed by atoms with Gasteiger partial charge in [0.2, 0.25) is 0 Å². The molecule has 0 unspecified atom stereocenters. The zero-order valence-electron chi connectivity index (χ0n) is 10.2. The van der Waals surface area contributed by atoms with E-state index >= 15 is 0 Å². The summed E-state index contributed by atoms with van der Waals surface area (Å²) in [5, 5.41) is 4.66. The fraction of sp³-hybridized carbons (Fsp3) is 0.250. The van der Waals surface area contributed by atoms with Crippen LogP contribution in [0.1, 0.15) is 10.4 Å². The number of halogens is 1. The van der Waals surface area contributed by atoms with Crippen LogP contribution in [0.5, 0.6) is 0 Å². The van der Waals surface area contributed by atoms with E-state index in [9.17, 15) is 14.4 Å². The molecule has 0 aliphatic heterocycles. The van der Waals surface area contributed by atoms with Crippen molar-refractivity contribution < 1.29 is 19.1 Å². The van der Waals surface area contributed by atoms with Gasteiger partial charge in [-0.25, -0.2) is 4.79 Å². The summed E-state index contributed by atoms with van der Waals surface area (Å²) in [6.07, 6.45) is 0. The Morgan fingerprint density at radius 2 is 1.89 bits per heavy atom. The molecule has 0 bridgehead atoms. The second-order valence-corrected chi connectivity index (χ2v) is 3.81. The van der Waals surface area contributed by atoms with Crippen LogP contribution in [0, 0.1) is 0 Å². The molecule has 0 fully saturated rings. The van der Waals surface area contributed by atoms with Crippen molar-refractivity contribution in [2.75, 3.05) is 24.9 Å². The van der Waals surface area contributed by atoms with E-state index in [1.54, 1.807) is 12.1 Å². The first-order chi connectivity index (χ1) is 9.10. The lowest BCUT2D eigenvalue weighted by atomic mass is 10.2. The average molecular weight is 285 g/mol. The van der Waals surface area contributed by atoms with Crippen LogP contribution < -0.4 is 10.6 Å². The number of ether oxygens (including phenoxy) is 1. The number of benzene rings is 1. The smallest absolute Gasteiger partial charge is 0.339 e. The second-order valence-electron chi connectivity index (χ2n) is 3.44. The van der Waals surface area contributed by atoms with Gasteiger partial charge in [-0.2, -0.15) is 0 Å². The maximum Gasteiger partial charge on any atom is 0.339 e. The Morgan fingerprint density at radius 3 is 2.53 bits per heavy atom. The van der Waals surface area contributed by atoms with E-state index in [1.807, 2.05) is 0 Å². The summed E-state index contributed by atoms with van der Waals surface area (Å²) >= 11 is 5.39. The van der Waals surface area contributed by atoms with Crippen molar-refractivity contribution in [2.24, 2.45) is 0 Å². The third-order valence-electron chi connectivity index (χ3n) is 2.17. The van der Waals surface area contributed by atoms with Crippen molar-refractivity contribution in [3.63, 3.8) is 0 Å². The van der Waals surface area contributed by atoms with Gasteiger partial charge in [0.25, 0.3) is 0 Å². The lowest BCUT2D eigenvalue weighted by Gasteiger charge is -2.09. The number of carbonyl (C=O) groups is 3. The molecule has 2 N–H and O–H groups in total. The Morgan fingerprint density at radius 1 is 1.21 bits per heavy atom. The van der Waals surface area contributed by atoms with Gasteiger partial charge >= 0.3 is 17.8 Å². The molecule has 1 rings (SSSR count). The number of para-hydroxylation sites is 1. The summed E-state index contributed by atoms with van der Waals surface area (Å²) in [5.74, 6) is -2.09. The third-order valence-corrected chi connectivity index (χ3v) is 2.36. The van der Waals surface area contributed by atoms with Crippen molar-refractivity contribution in [2.45, 2.75) is 0 Å². The van der Waals surface area contributed by atoms with Crippen LogP contribution >= 0.6 is 11.6 Å². The van der Waals surface area contributed by atoms with Gasteiger partial charge in [0.15, 0.2) is 0 Å². The van der Waals surface area contributed by atoms with Crippen LogP contribution in [0.25, 0.3) is 0 Å². The van der Waals surface area contributed by atoms with Crippen LogP contribution in [0.4, 0.5) is 5.69 Å². The topological polar surface area (TPSA) is 84.5 Å². The number of anilines is 1. The van der Waals surface area contributed by atoms with Crippen LogP contribution in [-0.4, -0.2) is 37.3 Å². The second kappa shape index (κ2) is 7.38. The molecule has 0 atom stereocenters. The molecule has 0 aliphatic carbocycles. The number of rotatable bonds is 4. The molecular formula is C12H13ClN2O4. The Labute approximate surface area is 115 Å². The molecule has 0 heterocycles. The first kappa shape index (κ1) is 15.0. The molecule has 19 heavy (non-hydrogen) atoms. The van der Waals surface area contributed by atoms with Gasteiger partial charge in [0.05, 0.1) is 18.4 Å². The molecule has 7 heteroatoms. The highest BCUT2D eigenvalue weighted by Gasteiger charge is 2.17. The molecule has 102 valence electrons. The zero-order chi connectivity index (χ0) is 14.3. The van der Waals surface area contributed by atoms with Gasteiger partial charge in [-0.15, -0.1) is 11.6 Å². The van der Waals surface area contributed by atoms with Crippen LogP contribution in [0.2, 0.25) is 0 Å². The normalized spacial score (nSPS) is 9.58. The Kier molecular flexibility index (Phi) is 5.81. The van der Waals surface area contributed by atoms with Gasteiger partial charge in [0, 0.05) is 12.4 Å². The lowest BCUT2D eigenvalue weighted by molar-refractivity contribution is -0.136. The molecule has 0 radical (unpaired) electrons. The van der Waals surface area contributed by atoms with E-state index in [0.29, 0.717) is 0 Å². The molecule has 1 aromatic rings. The molecule has 2 amide bonds. The fourth-order valence-electron chi connectivity index (χ4n) is 1.30. The minimum atomic E-state index is -0.874. The highest BCUT2D eigenvalue weighted by molar-refractivity contribution is 6.40. The van der Waals surface area contributed by atoms with Crippen LogP contribution in [-0.2, 0) is 14.3 Å². The first-order valence-corrected chi connectivity index (χ1v) is 5.96. The maximum absolute atomic E-state index is 11.6. The van der Waals surface area contributed by atoms with Gasteiger partial charge in [-0.3, -0.25) is 9.59 Å². The Bertz CT molecular complexity index is 490. The van der Waals surface area contributed by atoms with Gasteiger partial charge in [-0.05, 0) is 12.1 Å². The zero-order valence-corrected chi connectivity index (χ0v) is 11.0. The molecular weight excluding hydrogens is 272 g/mol. The predicted octanol–water partition coefficient (Wildman–Crippen LogP) is 0.767. The third kappa shape index (κ3) is 4.26. The molecule has 0 saturated carbocycles. The number of nitrogens with one attached hydrogen (secondary N) is 2. The van der Waals surface area contributed by atoms with E-state index in [2.05, 4.69) is 15.4 Å². The van der Waals surface area contributed by atoms with Crippen molar-refractivity contribution in [1.29, 1.82) is 0 Å². The van der Waals surface area contributed by atoms with Crippen molar-refractivity contribution in [3.8, 4) is 0 Å². The molecule has 0 spiro atoms. The van der Waals surface area contributed by atoms with Gasteiger partial charge in [0.1, 0.15) is 0 Å². The van der Waals surface area contributed by atoms with E-state index in [0.717, 1.165) is 0 Å². The fourth-order valence-corrected chi connectivity index (χ4v) is 1.39. The number of alkyl halides is 1. The standard InChI is InChI=1S/C12H13ClN2O4/c1-19-12(18)8-4-2-3-5-9(8)15-11(17)10(16)14-7-6-13/h2-5H,6-7H2,1H3,(H,14,16)(H,15,17). The number of carbonyl (C=O) groups excluding carboxylic acids is 3. The monoisotopic (exact) mass is 284 g/mol. The Hall–Kier alpha value is -2.08. The van der Waals surface area contributed by atoms with Crippen LogP contribution in [0.3, 0.4) is 0 Å². The average Bonchev–Trinajstić information content (AvgIpc) is 2.44. The largest absolute Gasteiger partial charge is 0.465 e. The van der Waals surface area contributed by atoms with E-state index < -0.39 is 17.8 Å². The molecule has 0 saturated heterocycles. The highest BCUT2D eigenvalue weighted by atomic mass is 35.5. The minimum Gasteiger partial charge on any atom is -0.465 e. The summed E-state index contributed by atoms with van der Waals surface area (Å²) < 4.78 is 4.58. The van der Waals surface area contributed by atoms with Crippen molar-refractivity contribution in [3.05, 3.63) is 29.8 Å². The SMILES string of the molecule is COC(=O)c1ccccc1NC(=O)C(=O)NCCCl. The number of hydrogen-bond donors (Lipinski definition) is 2. The number of esters is 1. The van der Waals surface area contributed by atoms with Gasteiger partial charge in [-0.1, -0.05) is 12.1 Å². The molecule has 0 aliphatic rings. The summed E-state index contributed by atoms with van der Waals surface area (Å²) in [6.45, 7) is 0.187. The summed E-state index contributed by atoms with van der Waals surface area (Å²) in [4.78, 5) is 34.4. The van der Waals surface area contributed by atoms with Crippen molar-refractivity contribution in [1.82, 2.24) is 5.32 Å². The van der Waals surface area contributed by atoms with E-state index in [1.165, 1.54) is 19.2 Å². The molecule has 1 aromatic carbocycles. The van der Waals surface area contributed by atoms with E-state index in [-0.39, 0.29) is 23.7 Å². The maximum atomic E-state index is 11.6. The quantitative estimate of drug-likeness (QED) is 0.486. The molecule has 0 aromatic heterocycles. The summed E-state index contributed by atoms with van der Waals surface area (Å²) in [7, 11) is 1.23. The number of hydrogen-bond acceptors (Lipinski definition) is 4. The van der Waals surface area contributed by atoms with Crippen LogP contribution in [0.15, 0.2) is 24.3 Å². The summed E-state index contributed by atoms with van der Waals surface area (Å²) in [5.41, 5.74) is 0.379. The summed E-state index contributed by atoms with van der Waals surface area (Å²) in [6, 6.07) is 6.23. The lowest BCUT2D eigenvalue weighted by Crippen LogP contribution is -2.36. The first-order valence-electron chi connectivity index (χ1n) is 5.42.